The molecule has 0 bridgehead atoms. The van der Waals surface area contributed by atoms with Crippen LogP contribution in [-0.4, -0.2) is 62.2 Å². The number of halogens is 1. The molecule has 1 aliphatic carbocycles. The molecule has 2 N–H and O–H groups in total. The number of rotatable bonds is 6. The van der Waals surface area contributed by atoms with Gasteiger partial charge in [-0.05, 0) is 19.3 Å². The number of amides is 1. The Hall–Kier alpha value is -0.570. The van der Waals surface area contributed by atoms with E-state index in [0.717, 1.165) is 32.0 Å². The Labute approximate surface area is 175 Å². The van der Waals surface area contributed by atoms with E-state index in [1.165, 1.54) is 38.5 Å². The second-order valence-corrected chi connectivity index (χ2v) is 7.55. The van der Waals surface area contributed by atoms with Gasteiger partial charge in [-0.2, -0.15) is 0 Å². The zero-order valence-electron chi connectivity index (χ0n) is 16.6. The molecule has 2 aliphatic rings. The molecule has 152 valence electrons. The van der Waals surface area contributed by atoms with E-state index >= 15 is 0 Å². The molecule has 0 aromatic rings. The van der Waals surface area contributed by atoms with Crippen molar-refractivity contribution >= 4 is 35.8 Å². The highest BCUT2D eigenvalue weighted by atomic mass is 127. The fourth-order valence-electron chi connectivity index (χ4n) is 3.63. The molecule has 0 radical (unpaired) electrons. The van der Waals surface area contributed by atoms with Crippen molar-refractivity contribution < 1.29 is 9.53 Å². The van der Waals surface area contributed by atoms with Crippen LogP contribution in [0, 0.1) is 5.92 Å². The van der Waals surface area contributed by atoms with E-state index in [1.807, 2.05) is 18.7 Å². The number of hydrogen-bond donors (Lipinski definition) is 2. The lowest BCUT2D eigenvalue weighted by molar-refractivity contribution is -0.133. The first-order valence-corrected chi connectivity index (χ1v) is 9.97. The van der Waals surface area contributed by atoms with Crippen LogP contribution in [0.15, 0.2) is 4.99 Å². The molecule has 1 aliphatic heterocycles. The third-order valence-electron chi connectivity index (χ3n) is 5.11. The summed E-state index contributed by atoms with van der Waals surface area (Å²) in [6, 6.07) is 0.275. The van der Waals surface area contributed by atoms with Gasteiger partial charge in [0.1, 0.15) is 0 Å². The highest BCUT2D eigenvalue weighted by Crippen LogP contribution is 2.19. The van der Waals surface area contributed by atoms with Crippen LogP contribution in [-0.2, 0) is 9.53 Å². The SMILES string of the molecule is CN=C(NCCOC1CCCCCC1)NC1CCN(C(=O)C(C)C)C1.I. The molecule has 1 heterocycles. The van der Waals surface area contributed by atoms with E-state index in [1.54, 1.807) is 7.05 Å². The zero-order chi connectivity index (χ0) is 18.1. The van der Waals surface area contributed by atoms with Gasteiger partial charge in [0, 0.05) is 38.6 Å². The van der Waals surface area contributed by atoms with Gasteiger partial charge in [-0.15, -0.1) is 24.0 Å². The van der Waals surface area contributed by atoms with Crippen LogP contribution in [0.1, 0.15) is 58.8 Å². The highest BCUT2D eigenvalue weighted by Gasteiger charge is 2.27. The molecule has 7 heteroatoms. The fraction of sp³-hybridized carbons (Fsp3) is 0.895. The molecule has 0 aromatic carbocycles. The molecular formula is C19H37IN4O2. The largest absolute Gasteiger partial charge is 0.376 e. The van der Waals surface area contributed by atoms with Crippen LogP contribution in [0.4, 0.5) is 0 Å². The quantitative estimate of drug-likeness (QED) is 0.202. The fourth-order valence-corrected chi connectivity index (χ4v) is 3.63. The second kappa shape index (κ2) is 12.8. The Morgan fingerprint density at radius 1 is 1.19 bits per heavy atom. The average molecular weight is 480 g/mol. The van der Waals surface area contributed by atoms with Crippen molar-refractivity contribution in [2.75, 3.05) is 33.3 Å². The minimum atomic E-state index is 0. The Balaban J connectivity index is 0.00000338. The Kier molecular flexibility index (Phi) is 11.5. The molecule has 1 saturated heterocycles. The van der Waals surface area contributed by atoms with Crippen molar-refractivity contribution in [3.8, 4) is 0 Å². The van der Waals surface area contributed by atoms with Crippen LogP contribution in [0.3, 0.4) is 0 Å². The molecule has 26 heavy (non-hydrogen) atoms. The van der Waals surface area contributed by atoms with Gasteiger partial charge in [-0.25, -0.2) is 0 Å². The predicted octanol–water partition coefficient (Wildman–Crippen LogP) is 2.77. The topological polar surface area (TPSA) is 66.0 Å². The maximum Gasteiger partial charge on any atom is 0.225 e. The normalized spacial score (nSPS) is 22.1. The summed E-state index contributed by atoms with van der Waals surface area (Å²) in [4.78, 5) is 18.3. The van der Waals surface area contributed by atoms with E-state index < -0.39 is 0 Å². The van der Waals surface area contributed by atoms with Crippen LogP contribution in [0.25, 0.3) is 0 Å². The van der Waals surface area contributed by atoms with Crippen molar-refractivity contribution in [3.63, 3.8) is 0 Å². The first-order chi connectivity index (χ1) is 12.1. The third kappa shape index (κ3) is 7.98. The van der Waals surface area contributed by atoms with E-state index in [0.29, 0.717) is 12.7 Å². The van der Waals surface area contributed by atoms with Crippen molar-refractivity contribution in [2.45, 2.75) is 70.9 Å². The summed E-state index contributed by atoms with van der Waals surface area (Å²) in [7, 11) is 1.79. The van der Waals surface area contributed by atoms with Gasteiger partial charge in [0.15, 0.2) is 5.96 Å². The Bertz CT molecular complexity index is 437. The molecule has 6 nitrogen and oxygen atoms in total. The molecular weight excluding hydrogens is 443 g/mol. The number of likely N-dealkylation sites (tertiary alicyclic amines) is 1. The summed E-state index contributed by atoms with van der Waals surface area (Å²) in [5.41, 5.74) is 0. The minimum absolute atomic E-state index is 0. The van der Waals surface area contributed by atoms with Crippen LogP contribution in [0.5, 0.6) is 0 Å². The maximum atomic E-state index is 12.1. The summed E-state index contributed by atoms with van der Waals surface area (Å²) in [6.45, 7) is 6.98. The van der Waals surface area contributed by atoms with Crippen LogP contribution >= 0.6 is 24.0 Å². The summed E-state index contributed by atoms with van der Waals surface area (Å²) >= 11 is 0. The summed E-state index contributed by atoms with van der Waals surface area (Å²) < 4.78 is 6.00. The lowest BCUT2D eigenvalue weighted by Gasteiger charge is -2.21. The molecule has 0 aromatic heterocycles. The number of carbonyl (C=O) groups is 1. The third-order valence-corrected chi connectivity index (χ3v) is 5.11. The molecule has 1 unspecified atom stereocenters. The Morgan fingerprint density at radius 3 is 2.50 bits per heavy atom. The van der Waals surface area contributed by atoms with Crippen LogP contribution in [0.2, 0.25) is 0 Å². The van der Waals surface area contributed by atoms with Gasteiger partial charge in [-0.3, -0.25) is 9.79 Å². The minimum Gasteiger partial charge on any atom is -0.376 e. The number of carbonyl (C=O) groups excluding carboxylic acids is 1. The molecule has 1 saturated carbocycles. The van der Waals surface area contributed by atoms with Crippen molar-refractivity contribution in [3.05, 3.63) is 0 Å². The van der Waals surface area contributed by atoms with Gasteiger partial charge in [-0.1, -0.05) is 39.5 Å². The van der Waals surface area contributed by atoms with Crippen molar-refractivity contribution in [1.82, 2.24) is 15.5 Å². The number of guanidine groups is 1. The summed E-state index contributed by atoms with van der Waals surface area (Å²) in [6.07, 6.45) is 9.12. The second-order valence-electron chi connectivity index (χ2n) is 7.55. The lowest BCUT2D eigenvalue weighted by Crippen LogP contribution is -2.46. The van der Waals surface area contributed by atoms with Gasteiger partial charge in [0.25, 0.3) is 0 Å². The van der Waals surface area contributed by atoms with Crippen molar-refractivity contribution in [2.24, 2.45) is 10.9 Å². The number of hydrogen-bond acceptors (Lipinski definition) is 3. The number of aliphatic imine (C=N–C) groups is 1. The first-order valence-electron chi connectivity index (χ1n) is 9.97. The standard InChI is InChI=1S/C19H36N4O2.HI/c1-15(2)18(24)23-12-10-16(14-23)22-19(20-3)21-11-13-25-17-8-6-4-5-7-9-17;/h15-17H,4-14H2,1-3H3,(H2,20,21,22);1H. The number of nitrogens with zero attached hydrogens (tertiary/aromatic N) is 2. The van der Waals surface area contributed by atoms with Crippen molar-refractivity contribution in [1.29, 1.82) is 0 Å². The molecule has 0 spiro atoms. The zero-order valence-corrected chi connectivity index (χ0v) is 19.0. The average Bonchev–Trinajstić information content (AvgIpc) is 2.91. The van der Waals surface area contributed by atoms with E-state index in [9.17, 15) is 4.79 Å². The molecule has 2 fully saturated rings. The van der Waals surface area contributed by atoms with E-state index in [2.05, 4.69) is 15.6 Å². The maximum absolute atomic E-state index is 12.1. The predicted molar refractivity (Wildman–Crippen MR) is 117 cm³/mol. The van der Waals surface area contributed by atoms with E-state index in [4.69, 9.17) is 4.74 Å². The highest BCUT2D eigenvalue weighted by molar-refractivity contribution is 14.0. The Morgan fingerprint density at radius 2 is 1.88 bits per heavy atom. The number of ether oxygens (including phenoxy) is 1. The van der Waals surface area contributed by atoms with Gasteiger partial charge < -0.3 is 20.3 Å². The summed E-state index contributed by atoms with van der Waals surface area (Å²) in [5.74, 6) is 1.11. The lowest BCUT2D eigenvalue weighted by atomic mass is 10.1. The molecule has 2 rings (SSSR count). The van der Waals surface area contributed by atoms with Gasteiger partial charge in [0.05, 0.1) is 12.7 Å². The number of nitrogens with one attached hydrogen (secondary N) is 2. The van der Waals surface area contributed by atoms with Crippen LogP contribution < -0.4 is 10.6 Å². The molecule has 1 amide bonds. The smallest absolute Gasteiger partial charge is 0.225 e. The van der Waals surface area contributed by atoms with Gasteiger partial charge in [0.2, 0.25) is 5.91 Å². The van der Waals surface area contributed by atoms with Gasteiger partial charge >= 0.3 is 0 Å². The first kappa shape index (κ1) is 23.5. The summed E-state index contributed by atoms with van der Waals surface area (Å²) in [5, 5.41) is 6.76. The monoisotopic (exact) mass is 480 g/mol. The molecule has 1 atom stereocenters. The van der Waals surface area contributed by atoms with E-state index in [-0.39, 0.29) is 41.8 Å².